The van der Waals surface area contributed by atoms with Crippen molar-refractivity contribution in [3.63, 3.8) is 0 Å². The normalized spacial score (nSPS) is 20.9. The van der Waals surface area contributed by atoms with Crippen LogP contribution in [0.25, 0.3) is 0 Å². The van der Waals surface area contributed by atoms with Crippen LogP contribution in [0.1, 0.15) is 51.9 Å². The fraction of sp³-hybridized carbons (Fsp3) is 0.667. The summed E-state index contributed by atoms with van der Waals surface area (Å²) in [6.07, 6.45) is 9.14. The fourth-order valence-corrected chi connectivity index (χ4v) is 3.36. The highest BCUT2D eigenvalue weighted by atomic mass is 16.2. The minimum atomic E-state index is -0.111. The molecule has 2 rings (SSSR count). The molecule has 0 unspecified atom stereocenters. The lowest BCUT2D eigenvalue weighted by Crippen LogP contribution is -2.45. The Balaban J connectivity index is 1.95. The molecule has 0 aromatic rings. The first-order valence-electron chi connectivity index (χ1n) is 8.38. The number of Topliss-reactive ketones (excluding diaryl/α,β-unsaturated/α-hetero) is 1. The molecule has 0 atom stereocenters. The number of hydrogen-bond donors (Lipinski definition) is 1. The van der Waals surface area contributed by atoms with Gasteiger partial charge in [-0.15, -0.1) is 0 Å². The Hall–Kier alpha value is -1.58. The third kappa shape index (κ3) is 4.21. The number of carbonyl (C=O) groups excluding carboxylic acids is 2. The van der Waals surface area contributed by atoms with Crippen LogP contribution in [-0.2, 0) is 9.59 Å². The van der Waals surface area contributed by atoms with E-state index < -0.39 is 0 Å². The van der Waals surface area contributed by atoms with Gasteiger partial charge in [-0.1, -0.05) is 31.9 Å². The van der Waals surface area contributed by atoms with Crippen LogP contribution in [0.2, 0.25) is 0 Å². The van der Waals surface area contributed by atoms with Crippen molar-refractivity contribution in [1.29, 1.82) is 0 Å². The van der Waals surface area contributed by atoms with Gasteiger partial charge in [0, 0.05) is 38.2 Å². The van der Waals surface area contributed by atoms with E-state index in [0.29, 0.717) is 18.4 Å². The monoisotopic (exact) mass is 304 g/mol. The van der Waals surface area contributed by atoms with E-state index in [0.717, 1.165) is 18.2 Å². The molecule has 122 valence electrons. The Labute approximate surface area is 133 Å². The van der Waals surface area contributed by atoms with Crippen molar-refractivity contribution in [2.24, 2.45) is 5.92 Å². The summed E-state index contributed by atoms with van der Waals surface area (Å²) in [6.45, 7) is 6.76. The molecule has 0 heterocycles. The van der Waals surface area contributed by atoms with E-state index in [1.54, 1.807) is 6.08 Å². The number of allylic oxidation sites excluding steroid dienone is 1. The van der Waals surface area contributed by atoms with Crippen LogP contribution in [0.3, 0.4) is 0 Å². The summed E-state index contributed by atoms with van der Waals surface area (Å²) in [6, 6.07) is 0.00593. The molecule has 0 aromatic heterocycles. The predicted molar refractivity (Wildman–Crippen MR) is 88.3 cm³/mol. The number of nitrogens with zero attached hydrogens (tertiary/aromatic N) is 1. The van der Waals surface area contributed by atoms with E-state index in [2.05, 4.69) is 16.8 Å². The molecule has 0 saturated heterocycles. The first-order chi connectivity index (χ1) is 10.5. The van der Waals surface area contributed by atoms with Gasteiger partial charge in [-0.25, -0.2) is 0 Å². The van der Waals surface area contributed by atoms with Gasteiger partial charge >= 0.3 is 0 Å². The second-order valence-corrected chi connectivity index (χ2v) is 6.71. The third-order valence-corrected chi connectivity index (χ3v) is 4.95. The zero-order valence-corrected chi connectivity index (χ0v) is 13.9. The lowest BCUT2D eigenvalue weighted by atomic mass is 9.89. The molecule has 1 N–H and O–H groups in total. The van der Waals surface area contributed by atoms with Gasteiger partial charge in [0.15, 0.2) is 0 Å². The quantitative estimate of drug-likeness (QED) is 0.606. The summed E-state index contributed by atoms with van der Waals surface area (Å²) in [4.78, 5) is 25.5. The Morgan fingerprint density at radius 1 is 1.32 bits per heavy atom. The molecule has 2 saturated carbocycles. The second kappa shape index (κ2) is 7.61. The third-order valence-electron chi connectivity index (χ3n) is 4.95. The van der Waals surface area contributed by atoms with Crippen LogP contribution in [0.15, 0.2) is 23.9 Å². The lowest BCUT2D eigenvalue weighted by molar-refractivity contribution is -0.127. The van der Waals surface area contributed by atoms with Crippen LogP contribution >= 0.6 is 0 Å². The molecule has 0 aliphatic heterocycles. The molecule has 0 bridgehead atoms. The van der Waals surface area contributed by atoms with Gasteiger partial charge < -0.3 is 10.2 Å². The topological polar surface area (TPSA) is 49.4 Å². The van der Waals surface area contributed by atoms with Crippen molar-refractivity contribution in [3.05, 3.63) is 23.9 Å². The lowest BCUT2D eigenvalue weighted by Gasteiger charge is -2.30. The molecule has 1 amide bonds. The van der Waals surface area contributed by atoms with Crippen molar-refractivity contribution in [2.75, 3.05) is 13.6 Å². The van der Waals surface area contributed by atoms with Crippen LogP contribution in [0, 0.1) is 5.92 Å². The zero-order valence-electron chi connectivity index (χ0n) is 13.9. The maximum atomic E-state index is 12.3. The first-order valence-corrected chi connectivity index (χ1v) is 8.38. The molecule has 22 heavy (non-hydrogen) atoms. The Morgan fingerprint density at radius 2 is 1.95 bits per heavy atom. The Morgan fingerprint density at radius 3 is 2.50 bits per heavy atom. The summed E-state index contributed by atoms with van der Waals surface area (Å²) in [5.41, 5.74) is 1.58. The summed E-state index contributed by atoms with van der Waals surface area (Å²) >= 11 is 0. The van der Waals surface area contributed by atoms with Gasteiger partial charge in [-0.3, -0.25) is 9.59 Å². The number of amides is 1. The minimum Gasteiger partial charge on any atom is -0.377 e. The number of rotatable bonds is 6. The van der Waals surface area contributed by atoms with Gasteiger partial charge in [0.2, 0.25) is 0 Å². The zero-order chi connectivity index (χ0) is 16.1. The summed E-state index contributed by atoms with van der Waals surface area (Å²) in [5, 5.41) is 2.92. The highest BCUT2D eigenvalue weighted by Gasteiger charge is 2.28. The number of carbonyl (C=O) groups is 2. The summed E-state index contributed by atoms with van der Waals surface area (Å²) < 4.78 is 0. The Bertz CT molecular complexity index is 467. The predicted octanol–water partition coefficient (Wildman–Crippen LogP) is 2.81. The van der Waals surface area contributed by atoms with E-state index in [1.807, 2.05) is 14.0 Å². The average molecular weight is 304 g/mol. The summed E-state index contributed by atoms with van der Waals surface area (Å²) in [5.74, 6) is 0.841. The molecule has 2 aliphatic rings. The molecule has 4 heteroatoms. The van der Waals surface area contributed by atoms with Crippen LogP contribution in [-0.4, -0.2) is 36.2 Å². The molecule has 0 spiro atoms. The maximum Gasteiger partial charge on any atom is 0.253 e. The largest absolute Gasteiger partial charge is 0.377 e. The van der Waals surface area contributed by atoms with E-state index in [9.17, 15) is 9.59 Å². The first kappa shape index (κ1) is 16.8. The highest BCUT2D eigenvalue weighted by Crippen LogP contribution is 2.25. The van der Waals surface area contributed by atoms with Gasteiger partial charge in [0.05, 0.1) is 5.57 Å². The van der Waals surface area contributed by atoms with Crippen LogP contribution < -0.4 is 5.32 Å². The van der Waals surface area contributed by atoms with E-state index in [1.165, 1.54) is 32.1 Å². The van der Waals surface area contributed by atoms with Gasteiger partial charge in [0.1, 0.15) is 5.78 Å². The molecule has 2 fully saturated rings. The van der Waals surface area contributed by atoms with Crippen molar-refractivity contribution in [3.8, 4) is 0 Å². The molecule has 2 aliphatic carbocycles. The van der Waals surface area contributed by atoms with Crippen molar-refractivity contribution < 1.29 is 9.59 Å². The van der Waals surface area contributed by atoms with E-state index in [4.69, 9.17) is 0 Å². The van der Waals surface area contributed by atoms with E-state index >= 15 is 0 Å². The average Bonchev–Trinajstić information content (AvgIpc) is 2.47. The maximum absolute atomic E-state index is 12.3. The fourth-order valence-electron chi connectivity index (χ4n) is 3.36. The van der Waals surface area contributed by atoms with Crippen molar-refractivity contribution in [1.82, 2.24) is 10.2 Å². The number of ketones is 1. The smallest absolute Gasteiger partial charge is 0.253 e. The van der Waals surface area contributed by atoms with E-state index in [-0.39, 0.29) is 17.7 Å². The van der Waals surface area contributed by atoms with Gasteiger partial charge in [0.25, 0.3) is 5.91 Å². The van der Waals surface area contributed by atoms with Gasteiger partial charge in [-0.2, -0.15) is 0 Å². The number of hydrogen-bond acceptors (Lipinski definition) is 3. The molecule has 4 nitrogen and oxygen atoms in total. The minimum absolute atomic E-state index is 0.00593. The molecular weight excluding hydrogens is 276 g/mol. The second-order valence-electron chi connectivity index (χ2n) is 6.71. The van der Waals surface area contributed by atoms with Crippen molar-refractivity contribution >= 4 is 11.7 Å². The highest BCUT2D eigenvalue weighted by molar-refractivity contribution is 5.98. The van der Waals surface area contributed by atoms with Crippen LogP contribution in [0.5, 0.6) is 0 Å². The summed E-state index contributed by atoms with van der Waals surface area (Å²) in [7, 11) is 2.05. The molecular formula is C18H28N2O2. The molecule has 0 radical (unpaired) electrons. The Kier molecular flexibility index (Phi) is 5.81. The van der Waals surface area contributed by atoms with Gasteiger partial charge in [-0.05, 0) is 25.7 Å². The standard InChI is InChI=1S/C18H28N2O2/c1-4-17(18(22)19-15-10-16(21)11-15)13(2)20(3)12-14-8-6-5-7-9-14/h4,14-15H,1,5-12H2,2-3H3,(H,19,22). The number of nitrogens with one attached hydrogen (secondary N) is 1. The van der Waals surface area contributed by atoms with Crippen LogP contribution in [0.4, 0.5) is 0 Å². The van der Waals surface area contributed by atoms with Crippen molar-refractivity contribution in [2.45, 2.75) is 57.9 Å². The SMILES string of the molecule is C=CC(C(=O)NC1CC(=O)C1)=C(C)N(C)CC1CCCCC1. The molecule has 0 aromatic carbocycles.